The van der Waals surface area contributed by atoms with Crippen molar-refractivity contribution < 1.29 is 14.7 Å². The van der Waals surface area contributed by atoms with Gasteiger partial charge in [-0.2, -0.15) is 0 Å². The average Bonchev–Trinajstić information content (AvgIpc) is 1.63. The minimum absolute atomic E-state index is 0.981. The van der Waals surface area contributed by atoms with Crippen molar-refractivity contribution >= 4 is 11.8 Å². The van der Waals surface area contributed by atoms with E-state index in [1.165, 1.54) is 6.92 Å². The van der Waals surface area contributed by atoms with E-state index in [9.17, 15) is 9.59 Å². The average molecular weight is 132 g/mol. The van der Waals surface area contributed by atoms with Gasteiger partial charge in [0.2, 0.25) is 0 Å². The van der Waals surface area contributed by atoms with E-state index in [0.717, 1.165) is 0 Å². The van der Waals surface area contributed by atoms with Crippen LogP contribution < -0.4 is 11.1 Å². The SMILES string of the molecule is CC(O)NC(=O)C(N)=O. The number of aliphatic hydroxyl groups is 1. The molecule has 0 saturated heterocycles. The van der Waals surface area contributed by atoms with Crippen LogP contribution in [0.2, 0.25) is 0 Å². The Morgan fingerprint density at radius 1 is 1.67 bits per heavy atom. The number of carbonyl (C=O) groups excluding carboxylic acids is 2. The van der Waals surface area contributed by atoms with Gasteiger partial charge in [0.15, 0.2) is 0 Å². The largest absolute Gasteiger partial charge is 0.374 e. The van der Waals surface area contributed by atoms with Gasteiger partial charge in [-0.15, -0.1) is 0 Å². The van der Waals surface area contributed by atoms with Gasteiger partial charge in [0.05, 0.1) is 0 Å². The summed E-state index contributed by atoms with van der Waals surface area (Å²) < 4.78 is 0. The van der Waals surface area contributed by atoms with Crippen molar-refractivity contribution in [2.75, 3.05) is 0 Å². The Kier molecular flexibility index (Phi) is 2.66. The predicted octanol–water partition coefficient (Wildman–Crippen LogP) is -2.07. The van der Waals surface area contributed by atoms with Crippen LogP contribution in [0.4, 0.5) is 0 Å². The zero-order chi connectivity index (χ0) is 7.44. The number of rotatable bonds is 1. The summed E-state index contributed by atoms with van der Waals surface area (Å²) in [5, 5.41) is 10.3. The number of nitrogens with one attached hydrogen (secondary N) is 1. The fourth-order valence-electron chi connectivity index (χ4n) is 0.261. The molecule has 0 saturated carbocycles. The van der Waals surface area contributed by atoms with Gasteiger partial charge in [0.1, 0.15) is 6.23 Å². The van der Waals surface area contributed by atoms with Crippen LogP contribution in [0, 0.1) is 0 Å². The third-order valence-electron chi connectivity index (χ3n) is 0.564. The molecule has 1 unspecified atom stereocenters. The molecular weight excluding hydrogens is 124 g/mol. The molecule has 1 atom stereocenters. The molecular formula is C4H8N2O3. The summed E-state index contributed by atoms with van der Waals surface area (Å²) in [6.07, 6.45) is -1.04. The Hall–Kier alpha value is -1.10. The van der Waals surface area contributed by atoms with Gasteiger partial charge in [-0.25, -0.2) is 0 Å². The maximum Gasteiger partial charge on any atom is 0.311 e. The van der Waals surface area contributed by atoms with Gasteiger partial charge < -0.3 is 16.2 Å². The number of carbonyl (C=O) groups is 2. The van der Waals surface area contributed by atoms with Gasteiger partial charge >= 0.3 is 11.8 Å². The Labute approximate surface area is 51.8 Å². The van der Waals surface area contributed by atoms with Crippen LogP contribution in [-0.2, 0) is 9.59 Å². The molecule has 5 heteroatoms. The van der Waals surface area contributed by atoms with Crippen LogP contribution in [0.3, 0.4) is 0 Å². The lowest BCUT2D eigenvalue weighted by molar-refractivity contribution is -0.139. The topological polar surface area (TPSA) is 92.4 Å². The van der Waals surface area contributed by atoms with E-state index in [2.05, 4.69) is 5.73 Å². The first-order chi connectivity index (χ1) is 4.04. The fraction of sp³-hybridized carbons (Fsp3) is 0.500. The number of amides is 2. The molecule has 0 aromatic carbocycles. The van der Waals surface area contributed by atoms with Crippen LogP contribution in [0.5, 0.6) is 0 Å². The highest BCUT2D eigenvalue weighted by atomic mass is 16.3. The van der Waals surface area contributed by atoms with E-state index in [-0.39, 0.29) is 0 Å². The summed E-state index contributed by atoms with van der Waals surface area (Å²) in [5.74, 6) is -2.08. The zero-order valence-corrected chi connectivity index (χ0v) is 4.92. The maximum absolute atomic E-state index is 10.2. The fourth-order valence-corrected chi connectivity index (χ4v) is 0.261. The summed E-state index contributed by atoms with van der Waals surface area (Å²) >= 11 is 0. The van der Waals surface area contributed by atoms with E-state index >= 15 is 0 Å². The second-order valence-electron chi connectivity index (χ2n) is 1.51. The highest BCUT2D eigenvalue weighted by Gasteiger charge is 2.08. The Balaban J connectivity index is 3.65. The smallest absolute Gasteiger partial charge is 0.311 e. The first-order valence-electron chi connectivity index (χ1n) is 2.32. The molecule has 0 aliphatic carbocycles. The van der Waals surface area contributed by atoms with Crippen LogP contribution in [0.25, 0.3) is 0 Å². The third-order valence-corrected chi connectivity index (χ3v) is 0.564. The minimum Gasteiger partial charge on any atom is -0.374 e. The number of hydrogen-bond donors (Lipinski definition) is 3. The van der Waals surface area contributed by atoms with E-state index in [4.69, 9.17) is 5.11 Å². The highest BCUT2D eigenvalue weighted by molar-refractivity contribution is 6.34. The lowest BCUT2D eigenvalue weighted by Crippen LogP contribution is -2.40. The van der Waals surface area contributed by atoms with Gasteiger partial charge in [0.25, 0.3) is 0 Å². The van der Waals surface area contributed by atoms with Crippen molar-refractivity contribution in [2.24, 2.45) is 5.73 Å². The molecule has 9 heavy (non-hydrogen) atoms. The van der Waals surface area contributed by atoms with Gasteiger partial charge in [-0.3, -0.25) is 9.59 Å². The van der Waals surface area contributed by atoms with Crippen LogP contribution in [0.1, 0.15) is 6.92 Å². The molecule has 0 bridgehead atoms. The number of nitrogens with two attached hydrogens (primary N) is 1. The van der Waals surface area contributed by atoms with Crippen molar-refractivity contribution in [3.05, 3.63) is 0 Å². The Bertz CT molecular complexity index is 132. The van der Waals surface area contributed by atoms with E-state index in [1.807, 2.05) is 5.32 Å². The monoisotopic (exact) mass is 132 g/mol. The molecule has 5 nitrogen and oxygen atoms in total. The Morgan fingerprint density at radius 2 is 2.11 bits per heavy atom. The van der Waals surface area contributed by atoms with Crippen molar-refractivity contribution in [3.8, 4) is 0 Å². The molecule has 0 heterocycles. The van der Waals surface area contributed by atoms with Crippen molar-refractivity contribution in [2.45, 2.75) is 13.2 Å². The standard InChI is InChI=1S/C4H8N2O3/c1-2(7)6-4(9)3(5)8/h2,7H,1H3,(H2,5,8)(H,6,9). The van der Waals surface area contributed by atoms with Crippen LogP contribution in [0.15, 0.2) is 0 Å². The van der Waals surface area contributed by atoms with Crippen LogP contribution in [-0.4, -0.2) is 23.1 Å². The molecule has 0 radical (unpaired) electrons. The van der Waals surface area contributed by atoms with Gasteiger partial charge in [-0.1, -0.05) is 0 Å². The van der Waals surface area contributed by atoms with E-state index in [1.54, 1.807) is 0 Å². The molecule has 0 fully saturated rings. The van der Waals surface area contributed by atoms with Crippen molar-refractivity contribution in [3.63, 3.8) is 0 Å². The van der Waals surface area contributed by atoms with Crippen molar-refractivity contribution in [1.82, 2.24) is 5.32 Å². The second-order valence-corrected chi connectivity index (χ2v) is 1.51. The number of primary amides is 1. The summed E-state index contributed by atoms with van der Waals surface area (Å²) in [4.78, 5) is 20.1. The van der Waals surface area contributed by atoms with E-state index < -0.39 is 18.0 Å². The molecule has 0 aliphatic heterocycles. The normalized spacial score (nSPS) is 12.2. The highest BCUT2D eigenvalue weighted by Crippen LogP contribution is 1.70. The quantitative estimate of drug-likeness (QED) is 0.282. The lowest BCUT2D eigenvalue weighted by Gasteiger charge is -2.02. The van der Waals surface area contributed by atoms with Gasteiger partial charge in [-0.05, 0) is 6.92 Å². The lowest BCUT2D eigenvalue weighted by atomic mass is 10.5. The molecule has 0 rings (SSSR count). The summed E-state index contributed by atoms with van der Waals surface area (Å²) in [7, 11) is 0. The minimum atomic E-state index is -1.10. The first kappa shape index (κ1) is 7.90. The Morgan fingerprint density at radius 3 is 2.22 bits per heavy atom. The predicted molar refractivity (Wildman–Crippen MR) is 29.0 cm³/mol. The number of hydrogen-bond acceptors (Lipinski definition) is 3. The molecule has 52 valence electrons. The summed E-state index contributed by atoms with van der Waals surface area (Å²) in [6.45, 7) is 1.31. The molecule has 4 N–H and O–H groups in total. The summed E-state index contributed by atoms with van der Waals surface area (Å²) in [5.41, 5.74) is 4.52. The van der Waals surface area contributed by atoms with Crippen molar-refractivity contribution in [1.29, 1.82) is 0 Å². The van der Waals surface area contributed by atoms with Crippen LogP contribution >= 0.6 is 0 Å². The molecule has 0 spiro atoms. The molecule has 0 aromatic rings. The van der Waals surface area contributed by atoms with Gasteiger partial charge in [0, 0.05) is 0 Å². The molecule has 2 amide bonds. The zero-order valence-electron chi connectivity index (χ0n) is 4.92. The second kappa shape index (κ2) is 3.03. The first-order valence-corrected chi connectivity index (χ1v) is 2.32. The molecule has 0 aromatic heterocycles. The number of aliphatic hydroxyl groups excluding tert-OH is 1. The molecule has 0 aliphatic rings. The third kappa shape index (κ3) is 3.48. The summed E-state index contributed by atoms with van der Waals surface area (Å²) in [6, 6.07) is 0. The van der Waals surface area contributed by atoms with E-state index in [0.29, 0.717) is 0 Å². The maximum atomic E-state index is 10.2.